The SMILES string of the molecule is CCCOCCOc1cc(Cl)nc(C(F)(F)F)n1. The lowest BCUT2D eigenvalue weighted by molar-refractivity contribution is -0.145. The van der Waals surface area contributed by atoms with Gasteiger partial charge in [0.05, 0.1) is 6.61 Å². The van der Waals surface area contributed by atoms with Gasteiger partial charge in [0, 0.05) is 12.7 Å². The predicted molar refractivity (Wildman–Crippen MR) is 58.6 cm³/mol. The number of hydrogen-bond donors (Lipinski definition) is 0. The van der Waals surface area contributed by atoms with Gasteiger partial charge in [0.1, 0.15) is 11.8 Å². The van der Waals surface area contributed by atoms with Gasteiger partial charge in [-0.1, -0.05) is 18.5 Å². The van der Waals surface area contributed by atoms with Crippen molar-refractivity contribution in [3.05, 3.63) is 17.0 Å². The van der Waals surface area contributed by atoms with Gasteiger partial charge in [-0.3, -0.25) is 0 Å². The molecule has 1 rings (SSSR count). The molecular weight excluding hydrogens is 273 g/mol. The van der Waals surface area contributed by atoms with Crippen LogP contribution in [-0.4, -0.2) is 29.8 Å². The largest absolute Gasteiger partial charge is 0.475 e. The number of aromatic nitrogens is 2. The van der Waals surface area contributed by atoms with Crippen molar-refractivity contribution in [1.29, 1.82) is 0 Å². The average Bonchev–Trinajstić information content (AvgIpc) is 2.27. The maximum absolute atomic E-state index is 12.4. The van der Waals surface area contributed by atoms with Crippen LogP contribution in [0.3, 0.4) is 0 Å². The molecule has 0 spiro atoms. The molecule has 102 valence electrons. The van der Waals surface area contributed by atoms with E-state index in [0.29, 0.717) is 6.61 Å². The lowest BCUT2D eigenvalue weighted by Gasteiger charge is -2.09. The van der Waals surface area contributed by atoms with Crippen molar-refractivity contribution in [2.75, 3.05) is 19.8 Å². The van der Waals surface area contributed by atoms with Crippen LogP contribution in [-0.2, 0) is 10.9 Å². The highest BCUT2D eigenvalue weighted by Crippen LogP contribution is 2.28. The average molecular weight is 285 g/mol. The molecule has 18 heavy (non-hydrogen) atoms. The third-order valence-corrected chi connectivity index (χ3v) is 1.94. The van der Waals surface area contributed by atoms with E-state index in [9.17, 15) is 13.2 Å². The van der Waals surface area contributed by atoms with Gasteiger partial charge in [0.25, 0.3) is 0 Å². The van der Waals surface area contributed by atoms with Gasteiger partial charge in [0.2, 0.25) is 11.7 Å². The van der Waals surface area contributed by atoms with Crippen LogP contribution in [0.5, 0.6) is 5.88 Å². The fourth-order valence-corrected chi connectivity index (χ4v) is 1.22. The van der Waals surface area contributed by atoms with E-state index in [1.165, 1.54) is 0 Å². The highest BCUT2D eigenvalue weighted by molar-refractivity contribution is 6.29. The van der Waals surface area contributed by atoms with E-state index in [0.717, 1.165) is 12.5 Å². The number of nitrogens with zero attached hydrogens (tertiary/aromatic N) is 2. The van der Waals surface area contributed by atoms with Crippen LogP contribution in [0.4, 0.5) is 13.2 Å². The third kappa shape index (κ3) is 5.05. The first-order valence-corrected chi connectivity index (χ1v) is 5.63. The van der Waals surface area contributed by atoms with Gasteiger partial charge in [-0.25, -0.2) is 4.98 Å². The van der Waals surface area contributed by atoms with Gasteiger partial charge >= 0.3 is 6.18 Å². The molecule has 0 bridgehead atoms. The van der Waals surface area contributed by atoms with Gasteiger partial charge in [-0.2, -0.15) is 18.2 Å². The Morgan fingerprint density at radius 2 is 1.94 bits per heavy atom. The first-order chi connectivity index (χ1) is 8.43. The number of ether oxygens (including phenoxy) is 2. The first kappa shape index (κ1) is 15.0. The molecule has 1 heterocycles. The van der Waals surface area contributed by atoms with Crippen LogP contribution in [0.15, 0.2) is 6.07 Å². The predicted octanol–water partition coefficient (Wildman–Crippen LogP) is 2.95. The molecule has 0 radical (unpaired) electrons. The van der Waals surface area contributed by atoms with Crippen molar-refractivity contribution < 1.29 is 22.6 Å². The molecule has 0 saturated carbocycles. The minimum Gasteiger partial charge on any atom is -0.475 e. The van der Waals surface area contributed by atoms with Crippen molar-refractivity contribution in [3.63, 3.8) is 0 Å². The molecule has 0 fully saturated rings. The lowest BCUT2D eigenvalue weighted by Crippen LogP contribution is -2.13. The summed E-state index contributed by atoms with van der Waals surface area (Å²) in [5.41, 5.74) is 0. The molecule has 0 N–H and O–H groups in total. The molecule has 0 aromatic carbocycles. The second-order valence-corrected chi connectivity index (χ2v) is 3.70. The fraction of sp³-hybridized carbons (Fsp3) is 0.600. The monoisotopic (exact) mass is 284 g/mol. The molecule has 0 aliphatic rings. The zero-order valence-electron chi connectivity index (χ0n) is 9.63. The smallest absolute Gasteiger partial charge is 0.451 e. The van der Waals surface area contributed by atoms with E-state index in [4.69, 9.17) is 21.1 Å². The number of alkyl halides is 3. The van der Waals surface area contributed by atoms with Crippen LogP contribution in [0.2, 0.25) is 5.15 Å². The Labute approximate surface area is 107 Å². The summed E-state index contributed by atoms with van der Waals surface area (Å²) in [5, 5.41) is -0.318. The van der Waals surface area contributed by atoms with Crippen LogP contribution in [0, 0.1) is 0 Å². The second kappa shape index (κ2) is 6.75. The van der Waals surface area contributed by atoms with Gasteiger partial charge in [-0.05, 0) is 6.42 Å². The van der Waals surface area contributed by atoms with E-state index in [1.807, 2.05) is 6.92 Å². The summed E-state index contributed by atoms with van der Waals surface area (Å²) >= 11 is 5.46. The van der Waals surface area contributed by atoms with Crippen LogP contribution < -0.4 is 4.74 Å². The third-order valence-electron chi connectivity index (χ3n) is 1.75. The van der Waals surface area contributed by atoms with Crippen molar-refractivity contribution >= 4 is 11.6 Å². The van der Waals surface area contributed by atoms with Crippen LogP contribution in [0.25, 0.3) is 0 Å². The van der Waals surface area contributed by atoms with Gasteiger partial charge in [0.15, 0.2) is 0 Å². The highest BCUT2D eigenvalue weighted by Gasteiger charge is 2.35. The molecule has 0 amide bonds. The molecule has 0 unspecified atom stereocenters. The zero-order chi connectivity index (χ0) is 13.6. The van der Waals surface area contributed by atoms with Crippen molar-refractivity contribution in [2.24, 2.45) is 0 Å². The minimum atomic E-state index is -4.65. The molecular formula is C10H12ClF3N2O2. The summed E-state index contributed by atoms with van der Waals surface area (Å²) in [6, 6.07) is 1.12. The Kier molecular flexibility index (Phi) is 5.61. The first-order valence-electron chi connectivity index (χ1n) is 5.25. The van der Waals surface area contributed by atoms with Crippen molar-refractivity contribution in [3.8, 4) is 5.88 Å². The summed E-state index contributed by atoms with van der Waals surface area (Å²) in [4.78, 5) is 6.31. The Morgan fingerprint density at radius 1 is 1.22 bits per heavy atom. The quantitative estimate of drug-likeness (QED) is 0.595. The minimum absolute atomic E-state index is 0.102. The molecule has 0 atom stereocenters. The summed E-state index contributed by atoms with van der Waals surface area (Å²) in [6.07, 6.45) is -3.79. The number of hydrogen-bond acceptors (Lipinski definition) is 4. The topological polar surface area (TPSA) is 44.2 Å². The maximum atomic E-state index is 12.4. The van der Waals surface area contributed by atoms with Crippen LogP contribution in [0.1, 0.15) is 19.2 Å². The molecule has 1 aromatic rings. The molecule has 1 aromatic heterocycles. The maximum Gasteiger partial charge on any atom is 0.451 e. The molecule has 4 nitrogen and oxygen atoms in total. The normalized spacial score (nSPS) is 11.6. The molecule has 0 aliphatic heterocycles. The standard InChI is InChI=1S/C10H12ClF3N2O2/c1-2-3-17-4-5-18-8-6-7(11)15-9(16-8)10(12,13)14/h6H,2-5H2,1H3. The Morgan fingerprint density at radius 3 is 2.56 bits per heavy atom. The zero-order valence-corrected chi connectivity index (χ0v) is 10.4. The number of halogens is 4. The van der Waals surface area contributed by atoms with Gasteiger partial charge in [-0.15, -0.1) is 0 Å². The number of rotatable bonds is 6. The van der Waals surface area contributed by atoms with Crippen molar-refractivity contribution in [1.82, 2.24) is 9.97 Å². The van der Waals surface area contributed by atoms with Gasteiger partial charge < -0.3 is 9.47 Å². The molecule has 8 heteroatoms. The van der Waals surface area contributed by atoms with Crippen LogP contribution >= 0.6 is 11.6 Å². The lowest BCUT2D eigenvalue weighted by atomic mass is 10.5. The van der Waals surface area contributed by atoms with E-state index >= 15 is 0 Å². The van der Waals surface area contributed by atoms with E-state index < -0.39 is 12.0 Å². The molecule has 0 saturated heterocycles. The summed E-state index contributed by atoms with van der Waals surface area (Å²) in [5.74, 6) is -1.54. The summed E-state index contributed by atoms with van der Waals surface area (Å²) in [6.45, 7) is 2.89. The Balaban J connectivity index is 2.58. The second-order valence-electron chi connectivity index (χ2n) is 3.31. The van der Waals surface area contributed by atoms with E-state index in [1.54, 1.807) is 0 Å². The van der Waals surface area contributed by atoms with E-state index in [-0.39, 0.29) is 24.2 Å². The molecule has 0 aliphatic carbocycles. The Bertz CT molecular complexity index is 388. The summed E-state index contributed by atoms with van der Waals surface area (Å²) in [7, 11) is 0. The fourth-order valence-electron chi connectivity index (χ4n) is 1.05. The highest BCUT2D eigenvalue weighted by atomic mass is 35.5. The summed E-state index contributed by atoms with van der Waals surface area (Å²) < 4.78 is 47.2. The Hall–Kier alpha value is -1.08. The van der Waals surface area contributed by atoms with E-state index in [2.05, 4.69) is 9.97 Å². The van der Waals surface area contributed by atoms with Crippen molar-refractivity contribution in [2.45, 2.75) is 19.5 Å².